The lowest BCUT2D eigenvalue weighted by molar-refractivity contribution is -0.143. The van der Waals surface area contributed by atoms with Crippen LogP contribution in [0, 0.1) is 0 Å². The number of carboxylic acid groups (broad SMARTS) is 1. The number of likely N-dealkylation sites (N-methyl/N-ethyl adjacent to an activating group) is 1. The van der Waals surface area contributed by atoms with E-state index in [-0.39, 0.29) is 30.9 Å². The molecule has 0 unspecified atom stereocenters. The van der Waals surface area contributed by atoms with Gasteiger partial charge in [0.25, 0.3) is 0 Å². The second-order valence-electron chi connectivity index (χ2n) is 8.72. The average molecular weight is 512 g/mol. The molecule has 200 valence electrons. The molecule has 0 spiro atoms. The van der Waals surface area contributed by atoms with Gasteiger partial charge in [0.2, 0.25) is 5.91 Å². The fraction of sp³-hybridized carbons (Fsp3) is 0.407. The Morgan fingerprint density at radius 3 is 2.59 bits per heavy atom. The molecule has 10 nitrogen and oxygen atoms in total. The number of rotatable bonds is 12. The summed E-state index contributed by atoms with van der Waals surface area (Å²) in [6, 6.07) is 13.4. The summed E-state index contributed by atoms with van der Waals surface area (Å²) in [7, 11) is 1.48. The molecule has 37 heavy (non-hydrogen) atoms. The van der Waals surface area contributed by atoms with Crippen LogP contribution in [0.5, 0.6) is 0 Å². The molecule has 0 aliphatic heterocycles. The summed E-state index contributed by atoms with van der Waals surface area (Å²) in [6.07, 6.45) is 5.53. The number of nitrogens with one attached hydrogen (secondary N) is 1. The number of nitrogens with two attached hydrogens (primary N) is 2. The molecule has 0 saturated carbocycles. The van der Waals surface area contributed by atoms with Crippen molar-refractivity contribution in [3.05, 3.63) is 59.9 Å². The highest BCUT2D eigenvalue weighted by molar-refractivity contribution is 5.83. The van der Waals surface area contributed by atoms with Crippen LogP contribution in [0.3, 0.4) is 0 Å². The van der Waals surface area contributed by atoms with Crippen molar-refractivity contribution in [2.45, 2.75) is 51.5 Å². The Morgan fingerprint density at radius 1 is 1.14 bits per heavy atom. The van der Waals surface area contributed by atoms with Crippen LogP contribution in [0.15, 0.2) is 48.7 Å². The van der Waals surface area contributed by atoms with E-state index in [9.17, 15) is 14.4 Å². The molecule has 6 N–H and O–H groups in total. The zero-order valence-electron chi connectivity index (χ0n) is 21.5. The number of aliphatic carboxylic acids is 1. The topological polar surface area (TPSA) is 165 Å². The Bertz CT molecular complexity index is 1160. The van der Waals surface area contributed by atoms with E-state index >= 15 is 0 Å². The van der Waals surface area contributed by atoms with Crippen molar-refractivity contribution in [1.29, 1.82) is 0 Å². The molecule has 0 aliphatic rings. The lowest BCUT2D eigenvalue weighted by Gasteiger charge is -2.14. The number of carboxylic acids is 1. The Hall–Kier alpha value is -3.92. The number of hydrogen-bond donors (Lipinski definition) is 4. The molecular formula is C27H37N5O5. The quantitative estimate of drug-likeness (QED) is 0.270. The minimum Gasteiger partial charge on any atom is -0.480 e. The van der Waals surface area contributed by atoms with Crippen LogP contribution >= 0.6 is 0 Å². The van der Waals surface area contributed by atoms with Crippen LogP contribution in [-0.2, 0) is 32.0 Å². The molecule has 3 aromatic rings. The SMILES string of the molecule is CCOC(=O)C[C@H](N)CCc1c[nH]c2ccccc12.CN(CC(=O)O)C(=O)CCCc1cccc(N)n1. The van der Waals surface area contributed by atoms with E-state index in [0.717, 1.165) is 24.1 Å². The van der Waals surface area contributed by atoms with Crippen LogP contribution in [0.1, 0.15) is 43.9 Å². The zero-order valence-corrected chi connectivity index (χ0v) is 21.5. The van der Waals surface area contributed by atoms with E-state index < -0.39 is 5.97 Å². The van der Waals surface area contributed by atoms with E-state index in [1.165, 1.54) is 22.9 Å². The molecule has 0 saturated heterocycles. The molecule has 2 heterocycles. The number of esters is 1. The van der Waals surface area contributed by atoms with Crippen molar-refractivity contribution in [3.8, 4) is 0 Å². The standard InChI is InChI=1S/C15H20N2O2.C12H17N3O3/c1-2-19-15(18)9-12(16)8-7-11-10-17-14-6-4-3-5-13(11)14;1-15(8-12(17)18)11(16)7-3-5-9-4-2-6-10(13)14-9/h3-6,10,12,17H,2,7-9,16H2,1H3;2,4,6H,3,5,7-8H2,1H3,(H2,13,14)(H,17,18)/t12-;/m1./s1. The highest BCUT2D eigenvalue weighted by atomic mass is 16.5. The van der Waals surface area contributed by atoms with E-state index in [2.05, 4.69) is 22.1 Å². The normalized spacial score (nSPS) is 11.3. The first-order chi connectivity index (χ1) is 17.7. The molecule has 10 heteroatoms. The summed E-state index contributed by atoms with van der Waals surface area (Å²) in [4.78, 5) is 41.9. The molecule has 3 rings (SSSR count). The predicted molar refractivity (Wildman–Crippen MR) is 143 cm³/mol. The second kappa shape index (κ2) is 15.2. The van der Waals surface area contributed by atoms with Crippen molar-refractivity contribution in [2.24, 2.45) is 5.73 Å². The van der Waals surface area contributed by atoms with Gasteiger partial charge in [0.1, 0.15) is 12.4 Å². The van der Waals surface area contributed by atoms with Crippen LogP contribution in [0.4, 0.5) is 5.82 Å². The van der Waals surface area contributed by atoms with E-state index in [4.69, 9.17) is 21.3 Å². The minimum absolute atomic E-state index is 0.146. The molecular weight excluding hydrogens is 474 g/mol. The third-order valence-electron chi connectivity index (χ3n) is 5.64. The minimum atomic E-state index is -1.01. The van der Waals surface area contributed by atoms with Gasteiger partial charge in [-0.3, -0.25) is 14.4 Å². The van der Waals surface area contributed by atoms with Gasteiger partial charge < -0.3 is 31.2 Å². The Kier molecular flexibility index (Phi) is 12.1. The van der Waals surface area contributed by atoms with Crippen LogP contribution < -0.4 is 11.5 Å². The third-order valence-corrected chi connectivity index (χ3v) is 5.64. The van der Waals surface area contributed by atoms with Gasteiger partial charge in [-0.1, -0.05) is 24.3 Å². The van der Waals surface area contributed by atoms with E-state index in [1.807, 2.05) is 30.5 Å². The molecule has 1 amide bonds. The number of para-hydroxylation sites is 1. The summed E-state index contributed by atoms with van der Waals surface area (Å²) in [5.74, 6) is -0.944. The first kappa shape index (κ1) is 29.3. The third kappa shape index (κ3) is 10.7. The lowest BCUT2D eigenvalue weighted by Crippen LogP contribution is -2.31. The van der Waals surface area contributed by atoms with Gasteiger partial charge in [0.05, 0.1) is 13.0 Å². The van der Waals surface area contributed by atoms with E-state index in [1.54, 1.807) is 13.0 Å². The van der Waals surface area contributed by atoms with Crippen molar-refractivity contribution >= 4 is 34.6 Å². The first-order valence-corrected chi connectivity index (χ1v) is 12.3. The van der Waals surface area contributed by atoms with Gasteiger partial charge in [0.15, 0.2) is 0 Å². The lowest BCUT2D eigenvalue weighted by atomic mass is 10.0. The van der Waals surface area contributed by atoms with Crippen LogP contribution in [0.2, 0.25) is 0 Å². The van der Waals surface area contributed by atoms with Crippen molar-refractivity contribution < 1.29 is 24.2 Å². The number of amides is 1. The molecule has 0 bridgehead atoms. The number of benzene rings is 1. The molecule has 2 aromatic heterocycles. The summed E-state index contributed by atoms with van der Waals surface area (Å²) in [6.45, 7) is 1.94. The number of nitrogens with zero attached hydrogens (tertiary/aromatic N) is 2. The number of aromatic nitrogens is 2. The summed E-state index contributed by atoms with van der Waals surface area (Å²) in [5.41, 5.74) is 14.7. The Morgan fingerprint density at radius 2 is 1.89 bits per heavy atom. The summed E-state index contributed by atoms with van der Waals surface area (Å²) < 4.78 is 4.89. The summed E-state index contributed by atoms with van der Waals surface area (Å²) in [5, 5.41) is 9.78. The van der Waals surface area contributed by atoms with Crippen LogP contribution in [0.25, 0.3) is 10.9 Å². The number of ether oxygens (including phenoxy) is 1. The van der Waals surface area contributed by atoms with Crippen molar-refractivity contribution in [1.82, 2.24) is 14.9 Å². The highest BCUT2D eigenvalue weighted by Crippen LogP contribution is 2.19. The average Bonchev–Trinajstić information content (AvgIpc) is 3.26. The second-order valence-corrected chi connectivity index (χ2v) is 8.72. The van der Waals surface area contributed by atoms with Gasteiger partial charge in [-0.05, 0) is 56.4 Å². The maximum Gasteiger partial charge on any atom is 0.323 e. The largest absolute Gasteiger partial charge is 0.480 e. The van der Waals surface area contributed by atoms with Gasteiger partial charge in [-0.25, -0.2) is 4.98 Å². The van der Waals surface area contributed by atoms with Gasteiger partial charge >= 0.3 is 11.9 Å². The number of aryl methyl sites for hydroxylation is 2. The number of hydrogen-bond acceptors (Lipinski definition) is 7. The van der Waals surface area contributed by atoms with Crippen molar-refractivity contribution in [2.75, 3.05) is 25.9 Å². The zero-order chi connectivity index (χ0) is 27.2. The molecule has 0 radical (unpaired) electrons. The number of pyridine rings is 1. The van der Waals surface area contributed by atoms with Gasteiger partial charge in [0, 0.05) is 42.3 Å². The number of anilines is 1. The maximum absolute atomic E-state index is 11.6. The summed E-state index contributed by atoms with van der Waals surface area (Å²) >= 11 is 0. The highest BCUT2D eigenvalue weighted by Gasteiger charge is 2.12. The first-order valence-electron chi connectivity index (χ1n) is 12.3. The predicted octanol–water partition coefficient (Wildman–Crippen LogP) is 2.91. The van der Waals surface area contributed by atoms with Gasteiger partial charge in [-0.2, -0.15) is 0 Å². The monoisotopic (exact) mass is 511 g/mol. The fourth-order valence-corrected chi connectivity index (χ4v) is 3.76. The number of aromatic amines is 1. The molecule has 0 fully saturated rings. The van der Waals surface area contributed by atoms with E-state index in [0.29, 0.717) is 31.7 Å². The smallest absolute Gasteiger partial charge is 0.323 e. The fourth-order valence-electron chi connectivity index (χ4n) is 3.76. The number of carbonyl (C=O) groups is 3. The number of nitrogen functional groups attached to an aromatic ring is 1. The van der Waals surface area contributed by atoms with Crippen molar-refractivity contribution in [3.63, 3.8) is 0 Å². The maximum atomic E-state index is 11.6. The molecule has 0 aliphatic carbocycles. The Labute approximate surface area is 217 Å². The molecule has 1 atom stereocenters. The number of H-pyrrole nitrogens is 1. The number of carbonyl (C=O) groups excluding carboxylic acids is 2. The number of fused-ring (bicyclic) bond motifs is 1. The Balaban J connectivity index is 0.000000261. The molecule has 1 aromatic carbocycles. The van der Waals surface area contributed by atoms with Crippen LogP contribution in [-0.4, -0.2) is 64.1 Å². The van der Waals surface area contributed by atoms with Gasteiger partial charge in [-0.15, -0.1) is 0 Å².